The molecule has 0 spiro atoms. The number of nitrogens with zero attached hydrogens (tertiary/aromatic N) is 4. The Bertz CT molecular complexity index is 1010. The summed E-state index contributed by atoms with van der Waals surface area (Å²) >= 11 is 0. The molecule has 8 heteroatoms. The first-order valence-electron chi connectivity index (χ1n) is 8.11. The number of azo groups is 1. The maximum atomic E-state index is 12.5. The fraction of sp³-hybridized carbons (Fsp3) is 0.167. The molecule has 0 saturated carbocycles. The summed E-state index contributed by atoms with van der Waals surface area (Å²) in [7, 11) is -3.69. The van der Waals surface area contributed by atoms with Crippen molar-refractivity contribution in [2.45, 2.75) is 25.3 Å². The predicted octanol–water partition coefficient (Wildman–Crippen LogP) is 4.43. The van der Waals surface area contributed by atoms with E-state index in [0.29, 0.717) is 23.6 Å². The molecular weight excluding hydrogens is 350 g/mol. The Balaban J connectivity index is 1.74. The van der Waals surface area contributed by atoms with Gasteiger partial charge >= 0.3 is 0 Å². The molecule has 1 aromatic heterocycles. The molecule has 0 atom stereocenters. The third-order valence-corrected chi connectivity index (χ3v) is 5.16. The van der Waals surface area contributed by atoms with Crippen LogP contribution in [0, 0.1) is 6.92 Å². The highest BCUT2D eigenvalue weighted by molar-refractivity contribution is 7.92. The van der Waals surface area contributed by atoms with Crippen molar-refractivity contribution < 1.29 is 8.42 Å². The molecule has 0 aliphatic carbocycles. The summed E-state index contributed by atoms with van der Waals surface area (Å²) in [4.78, 5) is 0.173. The van der Waals surface area contributed by atoms with Crippen LogP contribution in [-0.4, -0.2) is 18.2 Å². The molecule has 1 heterocycles. The number of benzene rings is 2. The van der Waals surface area contributed by atoms with Crippen LogP contribution in [0.1, 0.15) is 12.6 Å². The zero-order valence-corrected chi connectivity index (χ0v) is 15.3. The van der Waals surface area contributed by atoms with Gasteiger partial charge in [-0.05, 0) is 50.2 Å². The van der Waals surface area contributed by atoms with Gasteiger partial charge in [0.1, 0.15) is 4.90 Å². The molecule has 0 unspecified atom stereocenters. The Labute approximate surface area is 152 Å². The van der Waals surface area contributed by atoms with E-state index in [9.17, 15) is 8.42 Å². The van der Waals surface area contributed by atoms with Crippen LogP contribution in [0.2, 0.25) is 0 Å². The average molecular weight is 369 g/mol. The van der Waals surface area contributed by atoms with Gasteiger partial charge in [-0.25, -0.2) is 8.42 Å². The second-order valence-corrected chi connectivity index (χ2v) is 7.27. The highest BCUT2D eigenvalue weighted by Gasteiger charge is 2.20. The quantitative estimate of drug-likeness (QED) is 0.652. The maximum absolute atomic E-state index is 12.5. The number of aryl methyl sites for hydroxylation is 2. The standard InChI is InChI=1S/C18H19N5O2S/c1-3-23-13-18(14(2)21-23)26(24,25)22-17-11-9-16(10-12-17)20-19-15-7-5-4-6-8-15/h4-13,22H,3H2,1-2H3. The number of nitrogens with one attached hydrogen (secondary N) is 1. The zero-order valence-electron chi connectivity index (χ0n) is 14.5. The van der Waals surface area contributed by atoms with Gasteiger partial charge in [0.25, 0.3) is 10.0 Å². The fourth-order valence-corrected chi connectivity index (χ4v) is 3.59. The van der Waals surface area contributed by atoms with Crippen molar-refractivity contribution in [3.05, 3.63) is 66.5 Å². The highest BCUT2D eigenvalue weighted by atomic mass is 32.2. The van der Waals surface area contributed by atoms with Crippen LogP contribution in [0.4, 0.5) is 17.1 Å². The molecule has 0 radical (unpaired) electrons. The predicted molar refractivity (Wildman–Crippen MR) is 101 cm³/mol. The molecule has 0 bridgehead atoms. The van der Waals surface area contributed by atoms with E-state index in [4.69, 9.17) is 0 Å². The third kappa shape index (κ3) is 4.15. The number of hydrogen-bond donors (Lipinski definition) is 1. The Hall–Kier alpha value is -3.00. The summed E-state index contributed by atoms with van der Waals surface area (Å²) in [5.74, 6) is 0. The molecule has 0 saturated heterocycles. The summed E-state index contributed by atoms with van der Waals surface area (Å²) in [5.41, 5.74) is 2.30. The summed E-state index contributed by atoms with van der Waals surface area (Å²) in [6.07, 6.45) is 1.53. The second kappa shape index (κ2) is 7.49. The van der Waals surface area contributed by atoms with Gasteiger partial charge in [0, 0.05) is 18.4 Å². The molecule has 0 amide bonds. The summed E-state index contributed by atoms with van der Waals surface area (Å²) in [5, 5.41) is 12.4. The lowest BCUT2D eigenvalue weighted by atomic mass is 10.3. The maximum Gasteiger partial charge on any atom is 0.265 e. The fourth-order valence-electron chi connectivity index (χ4n) is 2.34. The van der Waals surface area contributed by atoms with Gasteiger partial charge in [-0.3, -0.25) is 9.40 Å². The number of aromatic nitrogens is 2. The van der Waals surface area contributed by atoms with Crippen molar-refractivity contribution in [3.8, 4) is 0 Å². The number of anilines is 1. The second-order valence-electron chi connectivity index (χ2n) is 5.62. The van der Waals surface area contributed by atoms with Crippen molar-refractivity contribution in [1.29, 1.82) is 0 Å². The Kier molecular flexibility index (Phi) is 5.13. The van der Waals surface area contributed by atoms with E-state index in [2.05, 4.69) is 20.0 Å². The van der Waals surface area contributed by atoms with Crippen LogP contribution >= 0.6 is 0 Å². The van der Waals surface area contributed by atoms with Gasteiger partial charge in [-0.2, -0.15) is 15.3 Å². The van der Waals surface area contributed by atoms with Crippen LogP contribution < -0.4 is 4.72 Å². The van der Waals surface area contributed by atoms with Crippen molar-refractivity contribution in [2.24, 2.45) is 10.2 Å². The molecule has 3 aromatic rings. The van der Waals surface area contributed by atoms with Crippen LogP contribution in [0.25, 0.3) is 0 Å². The lowest BCUT2D eigenvalue weighted by molar-refractivity contribution is 0.600. The van der Waals surface area contributed by atoms with Crippen molar-refractivity contribution in [3.63, 3.8) is 0 Å². The number of hydrogen-bond acceptors (Lipinski definition) is 5. The molecule has 7 nitrogen and oxygen atoms in total. The first-order chi connectivity index (χ1) is 12.5. The minimum absolute atomic E-state index is 0.173. The van der Waals surface area contributed by atoms with Crippen molar-refractivity contribution in [1.82, 2.24) is 9.78 Å². The van der Waals surface area contributed by atoms with Crippen molar-refractivity contribution >= 4 is 27.1 Å². The molecule has 26 heavy (non-hydrogen) atoms. The molecule has 3 rings (SSSR count). The third-order valence-electron chi connectivity index (χ3n) is 3.67. The molecular formula is C18H19N5O2S. The molecule has 1 N–H and O–H groups in total. The highest BCUT2D eigenvalue weighted by Crippen LogP contribution is 2.22. The molecule has 134 valence electrons. The van der Waals surface area contributed by atoms with Crippen LogP contribution in [-0.2, 0) is 16.6 Å². The largest absolute Gasteiger partial charge is 0.280 e. The van der Waals surface area contributed by atoms with E-state index in [-0.39, 0.29) is 4.90 Å². The number of rotatable bonds is 6. The Morgan fingerprint density at radius 2 is 1.62 bits per heavy atom. The average Bonchev–Trinajstić information content (AvgIpc) is 3.04. The summed E-state index contributed by atoms with van der Waals surface area (Å²) < 4.78 is 29.2. The molecule has 0 aliphatic rings. The van der Waals surface area contributed by atoms with E-state index >= 15 is 0 Å². The van der Waals surface area contributed by atoms with Crippen molar-refractivity contribution in [2.75, 3.05) is 4.72 Å². The molecule has 0 aliphatic heterocycles. The lowest BCUT2D eigenvalue weighted by Gasteiger charge is -2.07. The smallest absolute Gasteiger partial charge is 0.265 e. The first-order valence-corrected chi connectivity index (χ1v) is 9.60. The summed E-state index contributed by atoms with van der Waals surface area (Å²) in [6.45, 7) is 4.18. The van der Waals surface area contributed by atoms with Crippen LogP contribution in [0.15, 0.2) is 75.9 Å². The van der Waals surface area contributed by atoms with Gasteiger partial charge in [-0.1, -0.05) is 18.2 Å². The SMILES string of the molecule is CCn1cc(S(=O)(=O)Nc2ccc(N=Nc3ccccc3)cc2)c(C)n1. The molecule has 2 aromatic carbocycles. The Morgan fingerprint density at radius 1 is 1.00 bits per heavy atom. The van der Waals surface area contributed by atoms with Gasteiger partial charge in [-0.15, -0.1) is 0 Å². The van der Waals surface area contributed by atoms with Gasteiger partial charge in [0.05, 0.1) is 17.1 Å². The normalized spacial score (nSPS) is 11.8. The molecule has 0 fully saturated rings. The van der Waals surface area contributed by atoms with E-state index in [1.807, 2.05) is 37.3 Å². The lowest BCUT2D eigenvalue weighted by Crippen LogP contribution is -2.13. The zero-order chi connectivity index (χ0) is 18.6. The van der Waals surface area contributed by atoms with Crippen LogP contribution in [0.3, 0.4) is 0 Å². The van der Waals surface area contributed by atoms with E-state index in [1.165, 1.54) is 6.20 Å². The van der Waals surface area contributed by atoms with E-state index < -0.39 is 10.0 Å². The van der Waals surface area contributed by atoms with E-state index in [0.717, 1.165) is 5.69 Å². The topological polar surface area (TPSA) is 88.7 Å². The van der Waals surface area contributed by atoms with Gasteiger partial charge in [0.2, 0.25) is 0 Å². The van der Waals surface area contributed by atoms with Gasteiger partial charge in [0.15, 0.2) is 0 Å². The monoisotopic (exact) mass is 369 g/mol. The van der Waals surface area contributed by atoms with Crippen LogP contribution in [0.5, 0.6) is 0 Å². The number of sulfonamides is 1. The first kappa shape index (κ1) is 17.8. The van der Waals surface area contributed by atoms with E-state index in [1.54, 1.807) is 35.9 Å². The minimum atomic E-state index is -3.69. The van der Waals surface area contributed by atoms with Gasteiger partial charge < -0.3 is 0 Å². The Morgan fingerprint density at radius 3 is 2.19 bits per heavy atom. The minimum Gasteiger partial charge on any atom is -0.280 e. The summed E-state index contributed by atoms with van der Waals surface area (Å²) in [6, 6.07) is 16.1.